The Kier molecular flexibility index (Phi) is 3.78. The van der Waals surface area contributed by atoms with Crippen molar-refractivity contribution in [2.45, 2.75) is 12.5 Å². The number of rotatable bonds is 3. The zero-order valence-electron chi connectivity index (χ0n) is 8.32. The lowest BCUT2D eigenvalue weighted by Crippen LogP contribution is -2.03. The highest BCUT2D eigenvalue weighted by Crippen LogP contribution is 2.25. The van der Waals surface area contributed by atoms with Crippen LogP contribution in [0.5, 0.6) is 0 Å². The van der Waals surface area contributed by atoms with Gasteiger partial charge in [0.05, 0.1) is 6.10 Å². The topological polar surface area (TPSA) is 48.9 Å². The van der Waals surface area contributed by atoms with Crippen molar-refractivity contribution >= 4 is 31.9 Å². The third kappa shape index (κ3) is 2.93. The zero-order chi connectivity index (χ0) is 11.5. The van der Waals surface area contributed by atoms with Gasteiger partial charge in [0, 0.05) is 27.8 Å². The van der Waals surface area contributed by atoms with Crippen molar-refractivity contribution in [3.8, 4) is 0 Å². The van der Waals surface area contributed by atoms with E-state index < -0.39 is 6.10 Å². The van der Waals surface area contributed by atoms with Gasteiger partial charge in [0.15, 0.2) is 0 Å². The Morgan fingerprint density at radius 1 is 1.25 bits per heavy atom. The molecule has 84 valence electrons. The minimum atomic E-state index is -0.556. The molecule has 0 amide bonds. The molecule has 1 aromatic heterocycles. The van der Waals surface area contributed by atoms with E-state index in [0.29, 0.717) is 6.42 Å². The number of nitrogens with one attached hydrogen (secondary N) is 1. The van der Waals surface area contributed by atoms with Gasteiger partial charge in [-0.05, 0) is 23.8 Å². The number of hydrogen-bond acceptors (Lipinski definition) is 2. The predicted octanol–water partition coefficient (Wildman–Crippen LogP) is 3.21. The first kappa shape index (κ1) is 11.8. The van der Waals surface area contributed by atoms with Crippen molar-refractivity contribution in [1.29, 1.82) is 0 Å². The summed E-state index contributed by atoms with van der Waals surface area (Å²) in [6, 6.07) is 5.74. The maximum Gasteiger partial charge on any atom is 0.108 e. The second kappa shape index (κ2) is 5.12. The van der Waals surface area contributed by atoms with Gasteiger partial charge in [0.2, 0.25) is 0 Å². The minimum absolute atomic E-state index is 0.482. The van der Waals surface area contributed by atoms with E-state index in [-0.39, 0.29) is 0 Å². The quantitative estimate of drug-likeness (QED) is 0.897. The highest BCUT2D eigenvalue weighted by molar-refractivity contribution is 9.11. The van der Waals surface area contributed by atoms with Gasteiger partial charge in [-0.2, -0.15) is 0 Å². The van der Waals surface area contributed by atoms with Gasteiger partial charge >= 0.3 is 0 Å². The van der Waals surface area contributed by atoms with Crippen molar-refractivity contribution in [3.63, 3.8) is 0 Å². The second-order valence-corrected chi connectivity index (χ2v) is 5.29. The normalized spacial score (nSPS) is 12.7. The predicted molar refractivity (Wildman–Crippen MR) is 69.1 cm³/mol. The average molecular weight is 346 g/mol. The van der Waals surface area contributed by atoms with Crippen LogP contribution < -0.4 is 0 Å². The molecule has 0 spiro atoms. The summed E-state index contributed by atoms with van der Waals surface area (Å²) in [5, 5.41) is 10.0. The van der Waals surface area contributed by atoms with Gasteiger partial charge in [-0.3, -0.25) is 0 Å². The van der Waals surface area contributed by atoms with Crippen LogP contribution in [0.4, 0.5) is 0 Å². The summed E-state index contributed by atoms with van der Waals surface area (Å²) in [6.45, 7) is 0. The molecule has 0 fully saturated rings. The number of hydrogen-bond donors (Lipinski definition) is 2. The highest BCUT2D eigenvalue weighted by Gasteiger charge is 2.11. The maximum atomic E-state index is 10.0. The summed E-state index contributed by atoms with van der Waals surface area (Å²) in [7, 11) is 0. The number of aliphatic hydroxyl groups is 1. The van der Waals surface area contributed by atoms with E-state index >= 15 is 0 Å². The van der Waals surface area contributed by atoms with Crippen molar-refractivity contribution in [2.24, 2.45) is 0 Å². The molecule has 0 bridgehead atoms. The minimum Gasteiger partial charge on any atom is -0.388 e. The summed E-state index contributed by atoms with van der Waals surface area (Å²) in [5.74, 6) is 0.781. The molecule has 0 aliphatic rings. The van der Waals surface area contributed by atoms with Crippen molar-refractivity contribution in [2.75, 3.05) is 0 Å². The first-order valence-electron chi connectivity index (χ1n) is 4.77. The third-order valence-corrected chi connectivity index (χ3v) is 3.13. The summed E-state index contributed by atoms with van der Waals surface area (Å²) in [5.41, 5.74) is 0.859. The van der Waals surface area contributed by atoms with Gasteiger partial charge in [-0.25, -0.2) is 4.98 Å². The molecule has 0 aliphatic heterocycles. The van der Waals surface area contributed by atoms with E-state index in [9.17, 15) is 5.11 Å². The van der Waals surface area contributed by atoms with Gasteiger partial charge in [-0.1, -0.05) is 31.9 Å². The first-order valence-corrected chi connectivity index (χ1v) is 6.36. The van der Waals surface area contributed by atoms with Gasteiger partial charge in [-0.15, -0.1) is 0 Å². The lowest BCUT2D eigenvalue weighted by Gasteiger charge is -2.10. The molecular weight excluding hydrogens is 336 g/mol. The second-order valence-electron chi connectivity index (χ2n) is 3.46. The molecule has 1 atom stereocenters. The smallest absolute Gasteiger partial charge is 0.108 e. The van der Waals surface area contributed by atoms with Crippen molar-refractivity contribution in [3.05, 3.63) is 50.9 Å². The summed E-state index contributed by atoms with van der Waals surface area (Å²) < 4.78 is 1.88. The molecule has 0 aliphatic carbocycles. The Morgan fingerprint density at radius 2 is 1.94 bits per heavy atom. The van der Waals surface area contributed by atoms with E-state index in [2.05, 4.69) is 41.8 Å². The maximum absolute atomic E-state index is 10.0. The number of aliphatic hydroxyl groups excluding tert-OH is 1. The number of benzene rings is 1. The number of aromatic amines is 1. The van der Waals surface area contributed by atoms with Crippen LogP contribution in [0.1, 0.15) is 17.5 Å². The molecule has 1 unspecified atom stereocenters. The molecule has 2 aromatic rings. The summed E-state index contributed by atoms with van der Waals surface area (Å²) in [6.07, 6.45) is 3.35. The van der Waals surface area contributed by atoms with E-state index in [1.165, 1.54) is 0 Å². The molecule has 16 heavy (non-hydrogen) atoms. The van der Waals surface area contributed by atoms with Crippen LogP contribution in [0, 0.1) is 0 Å². The van der Waals surface area contributed by atoms with Crippen LogP contribution >= 0.6 is 31.9 Å². The Labute approximate surface area is 110 Å². The van der Waals surface area contributed by atoms with Gasteiger partial charge in [0.1, 0.15) is 5.82 Å². The number of aromatic nitrogens is 2. The summed E-state index contributed by atoms with van der Waals surface area (Å²) in [4.78, 5) is 7.06. The Morgan fingerprint density at radius 3 is 2.50 bits per heavy atom. The number of imidazole rings is 1. The summed E-state index contributed by atoms with van der Waals surface area (Å²) >= 11 is 6.79. The van der Waals surface area contributed by atoms with Crippen molar-refractivity contribution < 1.29 is 5.11 Å². The molecule has 0 saturated carbocycles. The van der Waals surface area contributed by atoms with Crippen LogP contribution in [-0.2, 0) is 6.42 Å². The molecule has 2 N–H and O–H groups in total. The fourth-order valence-electron chi connectivity index (χ4n) is 1.48. The SMILES string of the molecule is OC(Cc1ncc[nH]1)c1cc(Br)cc(Br)c1. The van der Waals surface area contributed by atoms with Gasteiger partial charge < -0.3 is 10.1 Å². The average Bonchev–Trinajstić information content (AvgIpc) is 2.68. The van der Waals surface area contributed by atoms with Crippen LogP contribution in [0.15, 0.2) is 39.5 Å². The van der Waals surface area contributed by atoms with Crippen LogP contribution in [0.3, 0.4) is 0 Å². The zero-order valence-corrected chi connectivity index (χ0v) is 11.5. The first-order chi connectivity index (χ1) is 7.65. The van der Waals surface area contributed by atoms with E-state index in [4.69, 9.17) is 0 Å². The largest absolute Gasteiger partial charge is 0.388 e. The number of nitrogens with zero attached hydrogens (tertiary/aromatic N) is 1. The van der Waals surface area contributed by atoms with Crippen LogP contribution in [-0.4, -0.2) is 15.1 Å². The highest BCUT2D eigenvalue weighted by atomic mass is 79.9. The fraction of sp³-hybridized carbons (Fsp3) is 0.182. The Balaban J connectivity index is 2.17. The van der Waals surface area contributed by atoms with Crippen LogP contribution in [0.25, 0.3) is 0 Å². The fourth-order valence-corrected chi connectivity index (χ4v) is 2.81. The molecule has 2 rings (SSSR count). The Hall–Kier alpha value is -0.650. The van der Waals surface area contributed by atoms with E-state index in [1.54, 1.807) is 12.4 Å². The number of H-pyrrole nitrogens is 1. The molecule has 0 saturated heterocycles. The number of halogens is 2. The van der Waals surface area contributed by atoms with E-state index in [0.717, 1.165) is 20.3 Å². The molecule has 1 aromatic carbocycles. The molecular formula is C11H10Br2N2O. The third-order valence-electron chi connectivity index (χ3n) is 2.21. The molecule has 3 nitrogen and oxygen atoms in total. The standard InChI is InChI=1S/C11H10Br2N2O/c12-8-3-7(4-9(13)5-8)10(16)6-11-14-1-2-15-11/h1-5,10,16H,6H2,(H,14,15). The molecule has 0 radical (unpaired) electrons. The van der Waals surface area contributed by atoms with Crippen LogP contribution in [0.2, 0.25) is 0 Å². The Bertz CT molecular complexity index is 451. The van der Waals surface area contributed by atoms with Gasteiger partial charge in [0.25, 0.3) is 0 Å². The lowest BCUT2D eigenvalue weighted by molar-refractivity contribution is 0.176. The van der Waals surface area contributed by atoms with E-state index in [1.807, 2.05) is 18.2 Å². The van der Waals surface area contributed by atoms with Crippen molar-refractivity contribution in [1.82, 2.24) is 9.97 Å². The monoisotopic (exact) mass is 344 g/mol. The molecule has 5 heteroatoms. The molecule has 1 heterocycles. The lowest BCUT2D eigenvalue weighted by atomic mass is 10.1.